The summed E-state index contributed by atoms with van der Waals surface area (Å²) in [5.74, 6) is 0. The standard InChI is InChI=1S/C14H23N3O3/c1-10(8-15-13(19)20-14(2,3)4)16-11-6-7-12(18)17(5)9-11/h6-7,9-10,16H,8H2,1-5H3,(H,15,19). The van der Waals surface area contributed by atoms with Gasteiger partial charge in [-0.05, 0) is 33.8 Å². The molecule has 0 bridgehead atoms. The monoisotopic (exact) mass is 281 g/mol. The fraction of sp³-hybridized carbons (Fsp3) is 0.571. The van der Waals surface area contributed by atoms with Gasteiger partial charge in [0.25, 0.3) is 0 Å². The topological polar surface area (TPSA) is 72.4 Å². The van der Waals surface area contributed by atoms with E-state index in [1.807, 2.05) is 27.7 Å². The van der Waals surface area contributed by atoms with Gasteiger partial charge in [0.1, 0.15) is 5.60 Å². The zero-order valence-corrected chi connectivity index (χ0v) is 12.7. The smallest absolute Gasteiger partial charge is 0.407 e. The molecule has 6 heteroatoms. The first-order chi connectivity index (χ1) is 9.17. The summed E-state index contributed by atoms with van der Waals surface area (Å²) in [5, 5.41) is 5.89. The highest BCUT2D eigenvalue weighted by atomic mass is 16.6. The van der Waals surface area contributed by atoms with Crippen LogP contribution >= 0.6 is 0 Å². The van der Waals surface area contributed by atoms with Gasteiger partial charge in [0.05, 0.1) is 5.69 Å². The molecular formula is C14H23N3O3. The molecule has 0 fully saturated rings. The number of hydrogen-bond acceptors (Lipinski definition) is 4. The number of ether oxygens (including phenoxy) is 1. The second-order valence-corrected chi connectivity index (χ2v) is 5.80. The van der Waals surface area contributed by atoms with E-state index in [0.717, 1.165) is 5.69 Å². The molecule has 0 saturated carbocycles. The molecule has 2 N–H and O–H groups in total. The Kier molecular flexibility index (Phi) is 5.19. The summed E-state index contributed by atoms with van der Waals surface area (Å²) in [6.07, 6.45) is 1.28. The van der Waals surface area contributed by atoms with Crippen molar-refractivity contribution >= 4 is 11.8 Å². The third-order valence-electron chi connectivity index (χ3n) is 2.45. The van der Waals surface area contributed by atoms with E-state index in [0.29, 0.717) is 6.54 Å². The summed E-state index contributed by atoms with van der Waals surface area (Å²) in [6, 6.07) is 3.22. The van der Waals surface area contributed by atoms with Crippen molar-refractivity contribution < 1.29 is 9.53 Å². The summed E-state index contributed by atoms with van der Waals surface area (Å²) >= 11 is 0. The number of carbonyl (C=O) groups excluding carboxylic acids is 1. The molecule has 1 aromatic rings. The van der Waals surface area contributed by atoms with Gasteiger partial charge in [-0.3, -0.25) is 4.79 Å². The Balaban J connectivity index is 2.44. The van der Waals surface area contributed by atoms with Crippen molar-refractivity contribution in [1.29, 1.82) is 0 Å². The van der Waals surface area contributed by atoms with Crippen LogP contribution in [0.5, 0.6) is 0 Å². The van der Waals surface area contributed by atoms with Crippen LogP contribution in [0.15, 0.2) is 23.1 Å². The van der Waals surface area contributed by atoms with E-state index < -0.39 is 11.7 Å². The molecule has 0 aliphatic carbocycles. The molecule has 1 heterocycles. The summed E-state index contributed by atoms with van der Waals surface area (Å²) in [4.78, 5) is 22.8. The summed E-state index contributed by atoms with van der Waals surface area (Å²) in [6.45, 7) is 7.82. The van der Waals surface area contributed by atoms with E-state index in [2.05, 4.69) is 10.6 Å². The molecule has 0 radical (unpaired) electrons. The first-order valence-electron chi connectivity index (χ1n) is 6.57. The minimum atomic E-state index is -0.502. The number of hydrogen-bond donors (Lipinski definition) is 2. The van der Waals surface area contributed by atoms with Gasteiger partial charge in [-0.1, -0.05) is 0 Å². The van der Waals surface area contributed by atoms with E-state index in [1.54, 1.807) is 19.3 Å². The highest BCUT2D eigenvalue weighted by Crippen LogP contribution is 2.07. The normalized spacial score (nSPS) is 12.7. The van der Waals surface area contributed by atoms with Gasteiger partial charge < -0.3 is 19.9 Å². The second-order valence-electron chi connectivity index (χ2n) is 5.80. The van der Waals surface area contributed by atoms with Crippen LogP contribution in [-0.2, 0) is 11.8 Å². The maximum absolute atomic E-state index is 11.5. The number of rotatable bonds is 4. The lowest BCUT2D eigenvalue weighted by atomic mass is 10.2. The highest BCUT2D eigenvalue weighted by Gasteiger charge is 2.16. The van der Waals surface area contributed by atoms with Crippen molar-refractivity contribution in [1.82, 2.24) is 9.88 Å². The van der Waals surface area contributed by atoms with Crippen molar-refractivity contribution in [2.45, 2.75) is 39.3 Å². The minimum Gasteiger partial charge on any atom is -0.444 e. The van der Waals surface area contributed by atoms with Crippen molar-refractivity contribution in [3.63, 3.8) is 0 Å². The molecule has 1 atom stereocenters. The molecule has 0 saturated heterocycles. The molecular weight excluding hydrogens is 258 g/mol. The average Bonchev–Trinajstić information content (AvgIpc) is 2.29. The molecule has 0 aromatic carbocycles. The van der Waals surface area contributed by atoms with Gasteiger partial charge in [-0.25, -0.2) is 4.79 Å². The van der Waals surface area contributed by atoms with E-state index in [-0.39, 0.29) is 11.6 Å². The Labute approximate surface area is 119 Å². The fourth-order valence-corrected chi connectivity index (χ4v) is 1.57. The van der Waals surface area contributed by atoms with Crippen LogP contribution in [0.4, 0.5) is 10.5 Å². The van der Waals surface area contributed by atoms with Crippen molar-refractivity contribution in [3.05, 3.63) is 28.7 Å². The SMILES string of the molecule is CC(CNC(=O)OC(C)(C)C)Nc1ccc(=O)n(C)c1. The molecule has 0 spiro atoms. The van der Waals surface area contributed by atoms with E-state index in [4.69, 9.17) is 4.74 Å². The van der Waals surface area contributed by atoms with Gasteiger partial charge in [0.2, 0.25) is 5.56 Å². The molecule has 20 heavy (non-hydrogen) atoms. The molecule has 112 valence electrons. The zero-order valence-electron chi connectivity index (χ0n) is 12.7. The number of anilines is 1. The van der Waals surface area contributed by atoms with Gasteiger partial charge >= 0.3 is 6.09 Å². The minimum absolute atomic E-state index is 0.0139. The number of alkyl carbamates (subject to hydrolysis) is 1. The molecule has 1 aromatic heterocycles. The fourth-order valence-electron chi connectivity index (χ4n) is 1.57. The second kappa shape index (κ2) is 6.45. The van der Waals surface area contributed by atoms with Crippen molar-refractivity contribution in [3.8, 4) is 0 Å². The Morgan fingerprint density at radius 3 is 2.60 bits per heavy atom. The quantitative estimate of drug-likeness (QED) is 0.881. The number of amides is 1. The average molecular weight is 281 g/mol. The van der Waals surface area contributed by atoms with Crippen LogP contribution in [0, 0.1) is 0 Å². The molecule has 0 aliphatic heterocycles. The predicted octanol–water partition coefficient (Wildman–Crippen LogP) is 1.71. The lowest BCUT2D eigenvalue weighted by Crippen LogP contribution is -2.38. The molecule has 6 nitrogen and oxygen atoms in total. The van der Waals surface area contributed by atoms with Crippen LogP contribution in [0.2, 0.25) is 0 Å². The summed E-state index contributed by atoms with van der Waals surface area (Å²) < 4.78 is 6.65. The third kappa shape index (κ3) is 5.77. The number of nitrogens with one attached hydrogen (secondary N) is 2. The van der Waals surface area contributed by atoms with Crippen LogP contribution in [0.25, 0.3) is 0 Å². The predicted molar refractivity (Wildman–Crippen MR) is 79.0 cm³/mol. The van der Waals surface area contributed by atoms with Crippen molar-refractivity contribution in [2.75, 3.05) is 11.9 Å². The Hall–Kier alpha value is -1.98. The zero-order chi connectivity index (χ0) is 15.3. The van der Waals surface area contributed by atoms with Gasteiger partial charge in [0, 0.05) is 31.9 Å². The van der Waals surface area contributed by atoms with E-state index in [9.17, 15) is 9.59 Å². The lowest BCUT2D eigenvalue weighted by molar-refractivity contribution is 0.0526. The lowest BCUT2D eigenvalue weighted by Gasteiger charge is -2.21. The number of aryl methyl sites for hydroxylation is 1. The highest BCUT2D eigenvalue weighted by molar-refractivity contribution is 5.67. The first kappa shape index (κ1) is 16.1. The molecule has 1 amide bonds. The van der Waals surface area contributed by atoms with Gasteiger partial charge in [-0.15, -0.1) is 0 Å². The maximum Gasteiger partial charge on any atom is 0.407 e. The number of aromatic nitrogens is 1. The first-order valence-corrected chi connectivity index (χ1v) is 6.57. The molecule has 1 rings (SSSR count). The van der Waals surface area contributed by atoms with Crippen molar-refractivity contribution in [2.24, 2.45) is 7.05 Å². The van der Waals surface area contributed by atoms with Crippen LogP contribution in [-0.4, -0.2) is 28.8 Å². The molecule has 0 aliphatic rings. The number of carbonyl (C=O) groups is 1. The largest absolute Gasteiger partial charge is 0.444 e. The Morgan fingerprint density at radius 1 is 1.40 bits per heavy atom. The third-order valence-corrected chi connectivity index (χ3v) is 2.45. The maximum atomic E-state index is 11.5. The summed E-state index contributed by atoms with van der Waals surface area (Å²) in [5.41, 5.74) is 0.263. The number of nitrogens with zero attached hydrogens (tertiary/aromatic N) is 1. The van der Waals surface area contributed by atoms with Crippen LogP contribution < -0.4 is 16.2 Å². The Bertz CT molecular complexity index is 517. The van der Waals surface area contributed by atoms with Crippen LogP contribution in [0.1, 0.15) is 27.7 Å². The van der Waals surface area contributed by atoms with E-state index >= 15 is 0 Å². The van der Waals surface area contributed by atoms with Gasteiger partial charge in [0.15, 0.2) is 0 Å². The Morgan fingerprint density at radius 2 is 2.05 bits per heavy atom. The number of pyridine rings is 1. The van der Waals surface area contributed by atoms with Crippen LogP contribution in [0.3, 0.4) is 0 Å². The summed E-state index contributed by atoms with van der Waals surface area (Å²) in [7, 11) is 1.69. The van der Waals surface area contributed by atoms with Gasteiger partial charge in [-0.2, -0.15) is 0 Å². The van der Waals surface area contributed by atoms with E-state index in [1.165, 1.54) is 10.6 Å². The molecule has 1 unspecified atom stereocenters.